The van der Waals surface area contributed by atoms with E-state index in [1.807, 2.05) is 12.3 Å². The molecule has 1 saturated carbocycles. The van der Waals surface area contributed by atoms with Gasteiger partial charge in [0.1, 0.15) is 0 Å². The Bertz CT molecular complexity index is 279. The number of aryl methyl sites for hydroxylation is 1. The first-order chi connectivity index (χ1) is 5.77. The van der Waals surface area contributed by atoms with Crippen molar-refractivity contribution >= 4 is 0 Å². The Hall–Kier alpha value is -0.890. The molecule has 0 spiro atoms. The highest BCUT2D eigenvalue weighted by molar-refractivity contribution is 5.18. The van der Waals surface area contributed by atoms with E-state index in [4.69, 9.17) is 5.73 Å². The molecule has 0 bridgehead atoms. The van der Waals surface area contributed by atoms with Crippen LogP contribution in [0, 0.1) is 12.8 Å². The normalized spacial score (nSPS) is 19.2. The predicted octanol–water partition coefficient (Wildman–Crippen LogP) is 1.80. The predicted molar refractivity (Wildman–Crippen MR) is 48.6 cm³/mol. The highest BCUT2D eigenvalue weighted by Gasteiger charge is 2.30. The van der Waals surface area contributed by atoms with Crippen LogP contribution in [0.3, 0.4) is 0 Å². The summed E-state index contributed by atoms with van der Waals surface area (Å²) in [6.07, 6.45) is 4.39. The van der Waals surface area contributed by atoms with Gasteiger partial charge in [-0.25, -0.2) is 0 Å². The topological polar surface area (TPSA) is 38.9 Å². The van der Waals surface area contributed by atoms with Crippen LogP contribution in [0.2, 0.25) is 0 Å². The molecule has 0 unspecified atom stereocenters. The lowest BCUT2D eigenvalue weighted by Gasteiger charge is -2.09. The van der Waals surface area contributed by atoms with Gasteiger partial charge in [-0.15, -0.1) is 0 Å². The van der Waals surface area contributed by atoms with Crippen LogP contribution in [0.1, 0.15) is 30.1 Å². The maximum atomic E-state index is 6.01. The quantitative estimate of drug-likeness (QED) is 0.720. The molecule has 1 atom stereocenters. The maximum absolute atomic E-state index is 6.01. The summed E-state index contributed by atoms with van der Waals surface area (Å²) < 4.78 is 0. The smallest absolute Gasteiger partial charge is 0.0576 e. The molecule has 1 aromatic rings. The maximum Gasteiger partial charge on any atom is 0.0576 e. The van der Waals surface area contributed by atoms with Crippen LogP contribution in [0.15, 0.2) is 18.3 Å². The Morgan fingerprint density at radius 2 is 2.33 bits per heavy atom. The molecule has 1 aromatic heterocycles. The van der Waals surface area contributed by atoms with Crippen LogP contribution in [0.25, 0.3) is 0 Å². The third kappa shape index (κ3) is 1.48. The zero-order valence-corrected chi connectivity index (χ0v) is 7.33. The molecule has 2 N–H and O–H groups in total. The molecule has 2 nitrogen and oxygen atoms in total. The third-order valence-corrected chi connectivity index (χ3v) is 2.41. The van der Waals surface area contributed by atoms with Gasteiger partial charge >= 0.3 is 0 Å². The first-order valence-electron chi connectivity index (χ1n) is 4.45. The van der Waals surface area contributed by atoms with Crippen LogP contribution in [-0.2, 0) is 0 Å². The second kappa shape index (κ2) is 2.87. The van der Waals surface area contributed by atoms with E-state index in [-0.39, 0.29) is 6.04 Å². The molecule has 2 rings (SSSR count). The van der Waals surface area contributed by atoms with Gasteiger partial charge in [0.2, 0.25) is 0 Å². The lowest BCUT2D eigenvalue weighted by atomic mass is 10.1. The van der Waals surface area contributed by atoms with Gasteiger partial charge in [0.25, 0.3) is 0 Å². The Kier molecular flexibility index (Phi) is 1.85. The van der Waals surface area contributed by atoms with Gasteiger partial charge in [0, 0.05) is 12.2 Å². The third-order valence-electron chi connectivity index (χ3n) is 2.41. The molecule has 2 heteroatoms. The van der Waals surface area contributed by atoms with Crippen molar-refractivity contribution in [2.24, 2.45) is 11.7 Å². The largest absolute Gasteiger partial charge is 0.322 e. The molecule has 0 amide bonds. The summed E-state index contributed by atoms with van der Waals surface area (Å²) in [5.74, 6) is 0.694. The molecule has 64 valence electrons. The van der Waals surface area contributed by atoms with Crippen molar-refractivity contribution in [2.75, 3.05) is 0 Å². The summed E-state index contributed by atoms with van der Waals surface area (Å²) in [7, 11) is 0. The summed E-state index contributed by atoms with van der Waals surface area (Å²) in [6, 6.07) is 4.26. The monoisotopic (exact) mass is 162 g/mol. The molecule has 12 heavy (non-hydrogen) atoms. The zero-order chi connectivity index (χ0) is 8.55. The van der Waals surface area contributed by atoms with E-state index in [2.05, 4.69) is 18.0 Å². The Morgan fingerprint density at radius 3 is 2.92 bits per heavy atom. The van der Waals surface area contributed by atoms with Gasteiger partial charge < -0.3 is 5.73 Å². The average molecular weight is 162 g/mol. The second-order valence-electron chi connectivity index (χ2n) is 3.62. The van der Waals surface area contributed by atoms with Crippen LogP contribution >= 0.6 is 0 Å². The summed E-state index contributed by atoms with van der Waals surface area (Å²) in [6.45, 7) is 2.07. The van der Waals surface area contributed by atoms with Gasteiger partial charge in [-0.2, -0.15) is 0 Å². The standard InChI is InChI=1S/C10H14N2/c1-7-4-5-12-9(6-7)10(11)8-2-3-8/h4-6,8,10H,2-3,11H2,1H3/t10-/m0/s1. The summed E-state index contributed by atoms with van der Waals surface area (Å²) >= 11 is 0. The fourth-order valence-electron chi connectivity index (χ4n) is 1.44. The van der Waals surface area contributed by atoms with Crippen molar-refractivity contribution in [3.63, 3.8) is 0 Å². The van der Waals surface area contributed by atoms with Crippen molar-refractivity contribution in [2.45, 2.75) is 25.8 Å². The van der Waals surface area contributed by atoms with E-state index >= 15 is 0 Å². The number of pyridine rings is 1. The first-order valence-corrected chi connectivity index (χ1v) is 4.45. The van der Waals surface area contributed by atoms with E-state index in [0.717, 1.165) is 5.69 Å². The Labute approximate surface area is 72.8 Å². The Morgan fingerprint density at radius 1 is 1.58 bits per heavy atom. The summed E-state index contributed by atoms with van der Waals surface area (Å²) in [5, 5.41) is 0. The molecule has 0 radical (unpaired) electrons. The molecule has 1 aliphatic carbocycles. The van der Waals surface area contributed by atoms with Crippen LogP contribution < -0.4 is 5.73 Å². The van der Waals surface area contributed by atoms with E-state index in [9.17, 15) is 0 Å². The van der Waals surface area contributed by atoms with Crippen molar-refractivity contribution in [1.82, 2.24) is 4.98 Å². The minimum absolute atomic E-state index is 0.171. The highest BCUT2D eigenvalue weighted by Crippen LogP contribution is 2.38. The van der Waals surface area contributed by atoms with Crippen molar-refractivity contribution in [3.8, 4) is 0 Å². The van der Waals surface area contributed by atoms with E-state index < -0.39 is 0 Å². The fraction of sp³-hybridized carbons (Fsp3) is 0.500. The van der Waals surface area contributed by atoms with Gasteiger partial charge in [-0.3, -0.25) is 4.98 Å². The molecule has 1 fully saturated rings. The van der Waals surface area contributed by atoms with E-state index in [0.29, 0.717) is 5.92 Å². The molecule has 1 heterocycles. The SMILES string of the molecule is Cc1ccnc([C@@H](N)C2CC2)c1. The number of nitrogens with two attached hydrogens (primary N) is 1. The minimum Gasteiger partial charge on any atom is -0.322 e. The zero-order valence-electron chi connectivity index (χ0n) is 7.33. The van der Waals surface area contributed by atoms with Crippen molar-refractivity contribution in [1.29, 1.82) is 0 Å². The molecule has 1 aliphatic rings. The van der Waals surface area contributed by atoms with Crippen LogP contribution in [0.4, 0.5) is 0 Å². The highest BCUT2D eigenvalue weighted by atomic mass is 14.8. The Balaban J connectivity index is 2.20. The fourth-order valence-corrected chi connectivity index (χ4v) is 1.44. The minimum atomic E-state index is 0.171. The van der Waals surface area contributed by atoms with Crippen molar-refractivity contribution < 1.29 is 0 Å². The van der Waals surface area contributed by atoms with E-state index in [1.54, 1.807) is 0 Å². The number of rotatable bonds is 2. The van der Waals surface area contributed by atoms with Crippen molar-refractivity contribution in [3.05, 3.63) is 29.6 Å². The first kappa shape index (κ1) is 7.74. The van der Waals surface area contributed by atoms with Gasteiger partial charge in [0.15, 0.2) is 0 Å². The number of nitrogens with zero attached hydrogens (tertiary/aromatic N) is 1. The lowest BCUT2D eigenvalue weighted by Crippen LogP contribution is -2.13. The van der Waals surface area contributed by atoms with Crippen LogP contribution in [-0.4, -0.2) is 4.98 Å². The summed E-state index contributed by atoms with van der Waals surface area (Å²) in [4.78, 5) is 4.28. The van der Waals surface area contributed by atoms with E-state index in [1.165, 1.54) is 18.4 Å². The average Bonchev–Trinajstić information content (AvgIpc) is 2.85. The lowest BCUT2D eigenvalue weighted by molar-refractivity contribution is 0.614. The number of hydrogen-bond donors (Lipinski definition) is 1. The molecule has 0 aromatic carbocycles. The van der Waals surface area contributed by atoms with Gasteiger partial charge in [0.05, 0.1) is 5.69 Å². The number of hydrogen-bond acceptors (Lipinski definition) is 2. The van der Waals surface area contributed by atoms with Crippen LogP contribution in [0.5, 0.6) is 0 Å². The summed E-state index contributed by atoms with van der Waals surface area (Å²) in [5.41, 5.74) is 8.31. The molecular formula is C10H14N2. The molecular weight excluding hydrogens is 148 g/mol. The van der Waals surface area contributed by atoms with Gasteiger partial charge in [-0.1, -0.05) is 0 Å². The molecule has 0 aliphatic heterocycles. The molecule has 0 saturated heterocycles. The van der Waals surface area contributed by atoms with Gasteiger partial charge in [-0.05, 0) is 43.4 Å². The second-order valence-corrected chi connectivity index (χ2v) is 3.62. The number of aromatic nitrogens is 1.